The van der Waals surface area contributed by atoms with Gasteiger partial charge in [-0.2, -0.15) is 0 Å². The van der Waals surface area contributed by atoms with E-state index in [1.165, 1.54) is 0 Å². The van der Waals surface area contributed by atoms with Crippen molar-refractivity contribution in [3.8, 4) is 0 Å². The zero-order chi connectivity index (χ0) is 12.3. The Morgan fingerprint density at radius 1 is 1.71 bits per heavy atom. The molecule has 2 heterocycles. The Hall–Kier alpha value is -1.49. The van der Waals surface area contributed by atoms with Crippen molar-refractivity contribution in [2.75, 3.05) is 18.9 Å². The summed E-state index contributed by atoms with van der Waals surface area (Å²) >= 11 is 0. The minimum absolute atomic E-state index is 0.0568. The average molecular weight is 238 g/mol. The lowest BCUT2D eigenvalue weighted by molar-refractivity contribution is 0.0152. The van der Waals surface area contributed by atoms with Crippen molar-refractivity contribution in [2.24, 2.45) is 0 Å². The number of nitrogen functional groups attached to an aromatic ring is 1. The quantitative estimate of drug-likeness (QED) is 0.806. The Morgan fingerprint density at radius 3 is 3.18 bits per heavy atom. The van der Waals surface area contributed by atoms with Gasteiger partial charge in [0.1, 0.15) is 12.3 Å². The van der Waals surface area contributed by atoms with Crippen LogP contribution >= 0.6 is 0 Å². The highest BCUT2D eigenvalue weighted by atomic mass is 16.6. The summed E-state index contributed by atoms with van der Waals surface area (Å²) in [6, 6.07) is 1.64. The van der Waals surface area contributed by atoms with Crippen LogP contribution in [0, 0.1) is 0 Å². The van der Waals surface area contributed by atoms with E-state index in [1.807, 2.05) is 6.92 Å². The summed E-state index contributed by atoms with van der Waals surface area (Å²) in [4.78, 5) is 11.8. The van der Waals surface area contributed by atoms with Crippen molar-refractivity contribution < 1.29 is 14.3 Å². The van der Waals surface area contributed by atoms with Gasteiger partial charge in [-0.1, -0.05) is 0 Å². The van der Waals surface area contributed by atoms with Crippen molar-refractivity contribution >= 4 is 11.7 Å². The molecule has 1 aromatic rings. The molecule has 17 heavy (non-hydrogen) atoms. The SMILES string of the molecule is CCn1cc(N)cc1C(=O)OCC1CCCO1. The van der Waals surface area contributed by atoms with Crippen LogP contribution < -0.4 is 5.73 Å². The summed E-state index contributed by atoms with van der Waals surface area (Å²) in [6.07, 6.45) is 3.80. The third-order valence-corrected chi connectivity index (χ3v) is 2.89. The fraction of sp³-hybridized carbons (Fsp3) is 0.583. The van der Waals surface area contributed by atoms with Crippen LogP contribution in [0.4, 0.5) is 5.69 Å². The molecule has 0 bridgehead atoms. The molecule has 1 aromatic heterocycles. The second kappa shape index (κ2) is 5.23. The first-order valence-corrected chi connectivity index (χ1v) is 5.95. The van der Waals surface area contributed by atoms with Gasteiger partial charge in [-0.3, -0.25) is 0 Å². The number of nitrogens with two attached hydrogens (primary N) is 1. The van der Waals surface area contributed by atoms with Crippen LogP contribution in [-0.4, -0.2) is 29.9 Å². The van der Waals surface area contributed by atoms with Crippen LogP contribution in [0.5, 0.6) is 0 Å². The van der Waals surface area contributed by atoms with E-state index in [4.69, 9.17) is 15.2 Å². The molecule has 0 spiro atoms. The standard InChI is InChI=1S/C12H18N2O3/c1-2-14-7-9(13)6-11(14)12(15)17-8-10-4-3-5-16-10/h6-7,10H,2-5,8,13H2,1H3. The van der Waals surface area contributed by atoms with E-state index < -0.39 is 0 Å². The van der Waals surface area contributed by atoms with Crippen molar-refractivity contribution in [3.63, 3.8) is 0 Å². The summed E-state index contributed by atoms with van der Waals surface area (Å²) in [5.41, 5.74) is 6.74. The molecule has 1 unspecified atom stereocenters. The third kappa shape index (κ3) is 2.79. The number of aryl methyl sites for hydroxylation is 1. The molecule has 1 aliphatic rings. The van der Waals surface area contributed by atoms with Crippen molar-refractivity contribution in [1.82, 2.24) is 4.57 Å². The molecule has 0 aliphatic carbocycles. The first kappa shape index (κ1) is 12.0. The smallest absolute Gasteiger partial charge is 0.355 e. The number of anilines is 1. The van der Waals surface area contributed by atoms with E-state index in [0.29, 0.717) is 24.5 Å². The number of carbonyl (C=O) groups excluding carboxylic acids is 1. The van der Waals surface area contributed by atoms with E-state index in [-0.39, 0.29) is 12.1 Å². The average Bonchev–Trinajstić information content (AvgIpc) is 2.94. The molecule has 94 valence electrons. The molecular formula is C12H18N2O3. The maximum Gasteiger partial charge on any atom is 0.355 e. The molecule has 2 rings (SSSR count). The van der Waals surface area contributed by atoms with E-state index in [1.54, 1.807) is 16.8 Å². The molecule has 5 heteroatoms. The number of hydrogen-bond donors (Lipinski definition) is 1. The number of carbonyl (C=O) groups is 1. The second-order valence-corrected chi connectivity index (χ2v) is 4.18. The number of nitrogens with zero attached hydrogens (tertiary/aromatic N) is 1. The number of aromatic nitrogens is 1. The zero-order valence-corrected chi connectivity index (χ0v) is 10.0. The fourth-order valence-corrected chi connectivity index (χ4v) is 1.98. The molecule has 1 aliphatic heterocycles. The lowest BCUT2D eigenvalue weighted by Gasteiger charge is -2.11. The van der Waals surface area contributed by atoms with E-state index in [9.17, 15) is 4.79 Å². The molecule has 0 amide bonds. The summed E-state index contributed by atoms with van der Waals surface area (Å²) in [6.45, 7) is 3.74. The summed E-state index contributed by atoms with van der Waals surface area (Å²) in [5, 5.41) is 0. The molecule has 0 radical (unpaired) electrons. The van der Waals surface area contributed by atoms with Gasteiger partial charge in [0.15, 0.2) is 0 Å². The van der Waals surface area contributed by atoms with Crippen LogP contribution in [0.1, 0.15) is 30.3 Å². The lowest BCUT2D eigenvalue weighted by Crippen LogP contribution is -2.19. The second-order valence-electron chi connectivity index (χ2n) is 4.18. The van der Waals surface area contributed by atoms with Gasteiger partial charge in [-0.25, -0.2) is 4.79 Å². The number of hydrogen-bond acceptors (Lipinski definition) is 4. The highest BCUT2D eigenvalue weighted by Crippen LogP contribution is 2.15. The van der Waals surface area contributed by atoms with Gasteiger partial charge in [0, 0.05) is 19.3 Å². The largest absolute Gasteiger partial charge is 0.458 e. The molecule has 1 atom stereocenters. The highest BCUT2D eigenvalue weighted by molar-refractivity contribution is 5.89. The maximum atomic E-state index is 11.8. The van der Waals surface area contributed by atoms with E-state index in [2.05, 4.69) is 0 Å². The van der Waals surface area contributed by atoms with Crippen molar-refractivity contribution in [2.45, 2.75) is 32.4 Å². The molecule has 5 nitrogen and oxygen atoms in total. The fourth-order valence-electron chi connectivity index (χ4n) is 1.98. The highest BCUT2D eigenvalue weighted by Gasteiger charge is 2.19. The van der Waals surface area contributed by atoms with Gasteiger partial charge in [0.25, 0.3) is 0 Å². The topological polar surface area (TPSA) is 66.5 Å². The molecule has 0 aromatic carbocycles. The van der Waals surface area contributed by atoms with Crippen LogP contribution in [-0.2, 0) is 16.0 Å². The van der Waals surface area contributed by atoms with Crippen LogP contribution in [0.3, 0.4) is 0 Å². The van der Waals surface area contributed by atoms with Gasteiger partial charge >= 0.3 is 5.97 Å². The predicted octanol–water partition coefficient (Wildman–Crippen LogP) is 1.43. The lowest BCUT2D eigenvalue weighted by atomic mass is 10.2. The minimum atomic E-state index is -0.334. The Morgan fingerprint density at radius 2 is 2.53 bits per heavy atom. The van der Waals surface area contributed by atoms with Gasteiger partial charge in [0.2, 0.25) is 0 Å². The molecule has 2 N–H and O–H groups in total. The Balaban J connectivity index is 1.93. The first-order valence-electron chi connectivity index (χ1n) is 5.95. The maximum absolute atomic E-state index is 11.8. The molecular weight excluding hydrogens is 220 g/mol. The summed E-state index contributed by atoms with van der Waals surface area (Å²) in [5.74, 6) is -0.334. The Labute approximate surface area is 100 Å². The van der Waals surface area contributed by atoms with Crippen molar-refractivity contribution in [3.05, 3.63) is 18.0 Å². The first-order chi connectivity index (χ1) is 8.20. The van der Waals surface area contributed by atoms with Crippen LogP contribution in [0.15, 0.2) is 12.3 Å². The third-order valence-electron chi connectivity index (χ3n) is 2.89. The van der Waals surface area contributed by atoms with Gasteiger partial charge in [-0.05, 0) is 25.8 Å². The zero-order valence-electron chi connectivity index (χ0n) is 10.0. The van der Waals surface area contributed by atoms with Gasteiger partial charge < -0.3 is 19.8 Å². The van der Waals surface area contributed by atoms with E-state index in [0.717, 1.165) is 19.4 Å². The summed E-state index contributed by atoms with van der Waals surface area (Å²) < 4.78 is 12.4. The van der Waals surface area contributed by atoms with Crippen LogP contribution in [0.2, 0.25) is 0 Å². The molecule has 1 saturated heterocycles. The van der Waals surface area contributed by atoms with E-state index >= 15 is 0 Å². The minimum Gasteiger partial charge on any atom is -0.458 e. The van der Waals surface area contributed by atoms with Gasteiger partial charge in [0.05, 0.1) is 11.8 Å². The van der Waals surface area contributed by atoms with Crippen LogP contribution in [0.25, 0.3) is 0 Å². The Kier molecular flexibility index (Phi) is 3.68. The number of ether oxygens (including phenoxy) is 2. The normalized spacial score (nSPS) is 19.5. The number of esters is 1. The van der Waals surface area contributed by atoms with Gasteiger partial charge in [-0.15, -0.1) is 0 Å². The number of rotatable bonds is 4. The van der Waals surface area contributed by atoms with Crippen molar-refractivity contribution in [1.29, 1.82) is 0 Å². The predicted molar refractivity (Wildman–Crippen MR) is 63.8 cm³/mol. The summed E-state index contributed by atoms with van der Waals surface area (Å²) in [7, 11) is 0. The monoisotopic (exact) mass is 238 g/mol. The Bertz CT molecular complexity index is 394. The molecule has 0 saturated carbocycles. The molecule has 1 fully saturated rings.